The zero-order valence-corrected chi connectivity index (χ0v) is 10.9. The second-order valence-corrected chi connectivity index (χ2v) is 4.39. The van der Waals surface area contributed by atoms with Gasteiger partial charge in [-0.25, -0.2) is 0 Å². The standard InChI is InChI=1S/C10H9BrN4S/c1-7-13-14-10(16)15(7)12-6-8-4-2-3-5-9(8)11/h2-6H,1H3,(H,14,16)/b12-6+. The van der Waals surface area contributed by atoms with Crippen LogP contribution >= 0.6 is 28.1 Å². The van der Waals surface area contributed by atoms with E-state index in [1.807, 2.05) is 31.2 Å². The first kappa shape index (κ1) is 11.2. The van der Waals surface area contributed by atoms with E-state index in [1.165, 1.54) is 0 Å². The fourth-order valence-corrected chi connectivity index (χ4v) is 1.82. The Morgan fingerprint density at radius 1 is 1.50 bits per heavy atom. The molecule has 0 atom stereocenters. The van der Waals surface area contributed by atoms with Gasteiger partial charge in [0.25, 0.3) is 0 Å². The molecule has 0 saturated carbocycles. The normalized spacial score (nSPS) is 11.1. The maximum atomic E-state index is 5.04. The van der Waals surface area contributed by atoms with Gasteiger partial charge in [-0.05, 0) is 25.2 Å². The highest BCUT2D eigenvalue weighted by Crippen LogP contribution is 2.13. The number of aromatic nitrogens is 3. The van der Waals surface area contributed by atoms with Crippen molar-refractivity contribution in [1.29, 1.82) is 0 Å². The molecule has 0 spiro atoms. The van der Waals surface area contributed by atoms with Crippen molar-refractivity contribution in [2.45, 2.75) is 6.92 Å². The van der Waals surface area contributed by atoms with Crippen molar-refractivity contribution >= 4 is 34.4 Å². The number of H-pyrrole nitrogens is 1. The Morgan fingerprint density at radius 2 is 2.25 bits per heavy atom. The van der Waals surface area contributed by atoms with E-state index in [2.05, 4.69) is 31.2 Å². The summed E-state index contributed by atoms with van der Waals surface area (Å²) in [7, 11) is 0. The van der Waals surface area contributed by atoms with E-state index >= 15 is 0 Å². The van der Waals surface area contributed by atoms with E-state index in [1.54, 1.807) is 10.9 Å². The van der Waals surface area contributed by atoms with Gasteiger partial charge in [-0.2, -0.15) is 14.9 Å². The third-order valence-electron chi connectivity index (χ3n) is 2.03. The maximum absolute atomic E-state index is 5.04. The van der Waals surface area contributed by atoms with Crippen LogP contribution in [0.15, 0.2) is 33.8 Å². The second-order valence-electron chi connectivity index (χ2n) is 3.15. The number of rotatable bonds is 2. The van der Waals surface area contributed by atoms with Gasteiger partial charge in [-0.1, -0.05) is 34.1 Å². The minimum Gasteiger partial charge on any atom is -0.250 e. The Bertz CT molecular complexity index is 585. The highest BCUT2D eigenvalue weighted by molar-refractivity contribution is 9.10. The highest BCUT2D eigenvalue weighted by Gasteiger charge is 1.98. The molecule has 0 unspecified atom stereocenters. The quantitative estimate of drug-likeness (QED) is 0.684. The largest absolute Gasteiger partial charge is 0.250 e. The van der Waals surface area contributed by atoms with Gasteiger partial charge in [0.15, 0.2) is 0 Å². The molecule has 2 aromatic rings. The van der Waals surface area contributed by atoms with E-state index in [4.69, 9.17) is 12.2 Å². The van der Waals surface area contributed by atoms with Crippen molar-refractivity contribution < 1.29 is 0 Å². The topological polar surface area (TPSA) is 46.0 Å². The van der Waals surface area contributed by atoms with Crippen molar-refractivity contribution in [2.75, 3.05) is 0 Å². The van der Waals surface area contributed by atoms with Crippen LogP contribution in [0.25, 0.3) is 0 Å². The minimum atomic E-state index is 0.487. The summed E-state index contributed by atoms with van der Waals surface area (Å²) in [6, 6.07) is 7.83. The maximum Gasteiger partial charge on any atom is 0.216 e. The molecule has 0 saturated heterocycles. The Balaban J connectivity index is 2.36. The number of nitrogens with zero attached hydrogens (tertiary/aromatic N) is 3. The average Bonchev–Trinajstić information content (AvgIpc) is 2.58. The Hall–Kier alpha value is -1.27. The molecule has 6 heteroatoms. The molecule has 82 valence electrons. The van der Waals surface area contributed by atoms with E-state index in [-0.39, 0.29) is 0 Å². The van der Waals surface area contributed by atoms with E-state index in [0.29, 0.717) is 4.77 Å². The van der Waals surface area contributed by atoms with Gasteiger partial charge < -0.3 is 0 Å². The average molecular weight is 297 g/mol. The van der Waals surface area contributed by atoms with Crippen LogP contribution in [0.5, 0.6) is 0 Å². The van der Waals surface area contributed by atoms with Crippen LogP contribution < -0.4 is 0 Å². The molecule has 0 aliphatic carbocycles. The number of hydrogen-bond acceptors (Lipinski definition) is 3. The molecule has 0 fully saturated rings. The number of hydrogen-bond donors (Lipinski definition) is 1. The summed E-state index contributed by atoms with van der Waals surface area (Å²) in [5, 5.41) is 10.9. The number of halogens is 1. The van der Waals surface area contributed by atoms with E-state index in [0.717, 1.165) is 15.9 Å². The fourth-order valence-electron chi connectivity index (χ4n) is 1.21. The Labute approximate surface area is 106 Å². The molecule has 0 aliphatic rings. The summed E-state index contributed by atoms with van der Waals surface area (Å²) < 4.78 is 3.06. The molecule has 1 aromatic heterocycles. The first-order chi connectivity index (χ1) is 7.68. The lowest BCUT2D eigenvalue weighted by molar-refractivity contribution is 0.820. The zero-order chi connectivity index (χ0) is 11.5. The number of aryl methyl sites for hydroxylation is 1. The summed E-state index contributed by atoms with van der Waals surface area (Å²) in [6.45, 7) is 1.84. The van der Waals surface area contributed by atoms with Gasteiger partial charge in [0, 0.05) is 10.0 Å². The van der Waals surface area contributed by atoms with Gasteiger partial charge in [0.1, 0.15) is 5.82 Å². The van der Waals surface area contributed by atoms with Crippen molar-refractivity contribution in [3.63, 3.8) is 0 Å². The smallest absolute Gasteiger partial charge is 0.216 e. The molecule has 0 amide bonds. The molecular formula is C10H9BrN4S. The minimum absolute atomic E-state index is 0.487. The molecule has 0 radical (unpaired) electrons. The van der Waals surface area contributed by atoms with Crippen LogP contribution in [0.1, 0.15) is 11.4 Å². The summed E-state index contributed by atoms with van der Waals surface area (Å²) in [5.74, 6) is 0.730. The molecule has 16 heavy (non-hydrogen) atoms. The van der Waals surface area contributed by atoms with Crippen LogP contribution in [0, 0.1) is 11.7 Å². The van der Waals surface area contributed by atoms with Crippen LogP contribution in [-0.2, 0) is 0 Å². The van der Waals surface area contributed by atoms with Crippen molar-refractivity contribution in [3.8, 4) is 0 Å². The Morgan fingerprint density at radius 3 is 2.88 bits per heavy atom. The molecule has 1 aromatic carbocycles. The van der Waals surface area contributed by atoms with Gasteiger partial charge in [0.05, 0.1) is 6.21 Å². The van der Waals surface area contributed by atoms with Crippen molar-refractivity contribution in [3.05, 3.63) is 44.9 Å². The van der Waals surface area contributed by atoms with Crippen LogP contribution in [-0.4, -0.2) is 21.1 Å². The third kappa shape index (κ3) is 2.28. The molecule has 0 bridgehead atoms. The molecule has 4 nitrogen and oxygen atoms in total. The fraction of sp³-hybridized carbons (Fsp3) is 0.100. The van der Waals surface area contributed by atoms with Crippen molar-refractivity contribution in [1.82, 2.24) is 14.9 Å². The van der Waals surface area contributed by atoms with E-state index < -0.39 is 0 Å². The molecule has 2 rings (SSSR count). The Kier molecular flexibility index (Phi) is 3.31. The van der Waals surface area contributed by atoms with Crippen LogP contribution in [0.3, 0.4) is 0 Å². The lowest BCUT2D eigenvalue weighted by atomic mass is 10.2. The zero-order valence-electron chi connectivity index (χ0n) is 8.51. The summed E-state index contributed by atoms with van der Waals surface area (Å²) in [6.07, 6.45) is 1.74. The first-order valence-electron chi connectivity index (χ1n) is 4.61. The number of nitrogens with one attached hydrogen (secondary N) is 1. The molecular weight excluding hydrogens is 288 g/mol. The summed E-state index contributed by atoms with van der Waals surface area (Å²) in [4.78, 5) is 0. The van der Waals surface area contributed by atoms with Crippen LogP contribution in [0.2, 0.25) is 0 Å². The van der Waals surface area contributed by atoms with Gasteiger partial charge >= 0.3 is 0 Å². The van der Waals surface area contributed by atoms with Crippen LogP contribution in [0.4, 0.5) is 0 Å². The van der Waals surface area contributed by atoms with Gasteiger partial charge in [-0.3, -0.25) is 5.10 Å². The first-order valence-corrected chi connectivity index (χ1v) is 5.81. The number of aromatic amines is 1. The second kappa shape index (κ2) is 4.71. The van der Waals surface area contributed by atoms with Crippen molar-refractivity contribution in [2.24, 2.45) is 5.10 Å². The van der Waals surface area contributed by atoms with E-state index in [9.17, 15) is 0 Å². The lowest BCUT2D eigenvalue weighted by Gasteiger charge is -1.97. The third-order valence-corrected chi connectivity index (χ3v) is 3.02. The van der Waals surface area contributed by atoms with Gasteiger partial charge in [0.2, 0.25) is 4.77 Å². The summed E-state index contributed by atoms with van der Waals surface area (Å²) >= 11 is 8.49. The monoisotopic (exact) mass is 296 g/mol. The predicted molar refractivity (Wildman–Crippen MR) is 69.3 cm³/mol. The molecule has 1 N–H and O–H groups in total. The highest BCUT2D eigenvalue weighted by atomic mass is 79.9. The SMILES string of the molecule is Cc1n[nH]c(=S)n1/N=C/c1ccccc1Br. The summed E-state index contributed by atoms with van der Waals surface area (Å²) in [5.41, 5.74) is 0.991. The molecule has 1 heterocycles. The predicted octanol–water partition coefficient (Wildman–Crippen LogP) is 2.89. The lowest BCUT2D eigenvalue weighted by Crippen LogP contribution is -1.94. The number of benzene rings is 1. The molecule has 0 aliphatic heterocycles. The van der Waals surface area contributed by atoms with Gasteiger partial charge in [-0.15, -0.1) is 0 Å².